The number of benzene rings is 1. The molecule has 2 aromatic heterocycles. The molecule has 3 heterocycles. The van der Waals surface area contributed by atoms with E-state index in [1.54, 1.807) is 31.4 Å². The summed E-state index contributed by atoms with van der Waals surface area (Å²) in [6.07, 6.45) is 6.43. The number of hydrogen-bond donors (Lipinski definition) is 3. The molecule has 1 aliphatic heterocycles. The molecule has 1 aromatic carbocycles. The van der Waals surface area contributed by atoms with Crippen molar-refractivity contribution in [2.75, 3.05) is 25.6 Å². The Morgan fingerprint density at radius 3 is 2.50 bits per heavy atom. The van der Waals surface area contributed by atoms with Crippen LogP contribution in [-0.4, -0.2) is 52.1 Å². The van der Waals surface area contributed by atoms with Crippen LogP contribution in [0.5, 0.6) is 0 Å². The molecule has 1 saturated carbocycles. The van der Waals surface area contributed by atoms with Crippen molar-refractivity contribution in [2.24, 2.45) is 5.41 Å². The molecule has 190 valence electrons. The molecule has 0 spiro atoms. The van der Waals surface area contributed by atoms with Gasteiger partial charge in [0.2, 0.25) is 18.1 Å². The molecule has 10 heteroatoms. The molecule has 0 atom stereocenters. The van der Waals surface area contributed by atoms with Crippen molar-refractivity contribution in [3.8, 4) is 22.6 Å². The number of ether oxygens (including phenoxy) is 2. The predicted molar refractivity (Wildman–Crippen MR) is 132 cm³/mol. The van der Waals surface area contributed by atoms with Gasteiger partial charge in [0.1, 0.15) is 5.82 Å². The van der Waals surface area contributed by atoms with E-state index in [0.29, 0.717) is 34.4 Å². The number of nitrogens with one attached hydrogen (secondary N) is 3. The number of imidazole rings is 1. The van der Waals surface area contributed by atoms with Crippen LogP contribution in [0.3, 0.4) is 0 Å². The molecule has 3 N–H and O–H groups in total. The standard InChI is InChI=1S/C26H31FN6O3/c1-26(24(34)30-18-6-4-3-5-7-18)14-35-23(36-15-26)22-32-20(16-8-10-17(27)11-9-16)21(33-22)19-12-13-29-25(28-2)31-19/h8-13,18,23H,3-7,14-15H2,1-2H3,(H,30,34)(H,32,33)(H,28,29,31). The van der Waals surface area contributed by atoms with Gasteiger partial charge in [0.05, 0.1) is 35.7 Å². The van der Waals surface area contributed by atoms with Gasteiger partial charge >= 0.3 is 0 Å². The Balaban J connectivity index is 1.37. The van der Waals surface area contributed by atoms with Gasteiger partial charge in [-0.25, -0.2) is 19.3 Å². The van der Waals surface area contributed by atoms with Crippen molar-refractivity contribution < 1.29 is 18.7 Å². The second kappa shape index (κ2) is 10.3. The Kier molecular flexibility index (Phi) is 6.97. The van der Waals surface area contributed by atoms with Crippen molar-refractivity contribution >= 4 is 11.9 Å². The van der Waals surface area contributed by atoms with Gasteiger partial charge in [-0.1, -0.05) is 19.3 Å². The minimum Gasteiger partial charge on any atom is -0.357 e. The van der Waals surface area contributed by atoms with Crippen molar-refractivity contribution in [2.45, 2.75) is 51.4 Å². The average Bonchev–Trinajstić information content (AvgIpc) is 3.35. The highest BCUT2D eigenvalue weighted by Crippen LogP contribution is 2.36. The number of aromatic amines is 1. The molecule has 1 amide bonds. The zero-order valence-corrected chi connectivity index (χ0v) is 20.5. The van der Waals surface area contributed by atoms with Crippen LogP contribution in [0.25, 0.3) is 22.6 Å². The maximum Gasteiger partial charge on any atom is 0.230 e. The van der Waals surface area contributed by atoms with Gasteiger partial charge in [0, 0.05) is 24.8 Å². The quantitative estimate of drug-likeness (QED) is 0.470. The lowest BCUT2D eigenvalue weighted by molar-refractivity contribution is -0.231. The first-order valence-electron chi connectivity index (χ1n) is 12.4. The van der Waals surface area contributed by atoms with Gasteiger partial charge in [0.15, 0.2) is 5.82 Å². The maximum absolute atomic E-state index is 13.6. The summed E-state index contributed by atoms with van der Waals surface area (Å²) in [4.78, 5) is 29.7. The summed E-state index contributed by atoms with van der Waals surface area (Å²) >= 11 is 0. The third-order valence-electron chi connectivity index (χ3n) is 6.79. The molecule has 1 saturated heterocycles. The van der Waals surface area contributed by atoms with Gasteiger partial charge < -0.3 is 25.1 Å². The number of H-pyrrole nitrogens is 1. The van der Waals surface area contributed by atoms with E-state index >= 15 is 0 Å². The molecule has 0 radical (unpaired) electrons. The summed E-state index contributed by atoms with van der Waals surface area (Å²) in [7, 11) is 1.74. The number of carbonyl (C=O) groups excluding carboxylic acids is 1. The number of anilines is 1. The molecular formula is C26H31FN6O3. The van der Waals surface area contributed by atoms with Gasteiger partial charge in [-0.3, -0.25) is 4.79 Å². The number of amides is 1. The lowest BCUT2D eigenvalue weighted by Gasteiger charge is -2.37. The summed E-state index contributed by atoms with van der Waals surface area (Å²) in [6, 6.07) is 8.08. The van der Waals surface area contributed by atoms with E-state index in [1.807, 2.05) is 6.92 Å². The van der Waals surface area contributed by atoms with E-state index in [9.17, 15) is 9.18 Å². The fourth-order valence-corrected chi connectivity index (χ4v) is 4.63. The first kappa shape index (κ1) is 24.3. The lowest BCUT2D eigenvalue weighted by atomic mass is 9.89. The maximum atomic E-state index is 13.6. The fourth-order valence-electron chi connectivity index (χ4n) is 4.63. The van der Waals surface area contributed by atoms with E-state index in [1.165, 1.54) is 18.6 Å². The highest BCUT2D eigenvalue weighted by molar-refractivity contribution is 5.83. The largest absolute Gasteiger partial charge is 0.357 e. The molecule has 5 rings (SSSR count). The van der Waals surface area contributed by atoms with Crippen LogP contribution in [0, 0.1) is 11.2 Å². The summed E-state index contributed by atoms with van der Waals surface area (Å²) in [5.74, 6) is 0.531. The zero-order valence-electron chi connectivity index (χ0n) is 20.5. The Hall–Kier alpha value is -3.37. The normalized spacial score (nSPS) is 22.8. The second-order valence-electron chi connectivity index (χ2n) is 9.69. The zero-order chi connectivity index (χ0) is 25.1. The van der Waals surface area contributed by atoms with Crippen LogP contribution in [0.15, 0.2) is 36.5 Å². The van der Waals surface area contributed by atoms with Crippen LogP contribution >= 0.6 is 0 Å². The van der Waals surface area contributed by atoms with Crippen LogP contribution < -0.4 is 10.6 Å². The van der Waals surface area contributed by atoms with E-state index < -0.39 is 11.7 Å². The first-order chi connectivity index (χ1) is 17.4. The van der Waals surface area contributed by atoms with Crippen molar-refractivity contribution in [1.29, 1.82) is 0 Å². The molecule has 2 fully saturated rings. The van der Waals surface area contributed by atoms with Crippen LogP contribution in [0.4, 0.5) is 10.3 Å². The summed E-state index contributed by atoms with van der Waals surface area (Å²) in [5.41, 5.74) is 1.76. The second-order valence-corrected chi connectivity index (χ2v) is 9.69. The molecule has 1 aliphatic carbocycles. The SMILES string of the molecule is CNc1nccc(-c2[nH]c(C3OCC(C)(C(=O)NC4CCCCC4)CO3)nc2-c2ccc(F)cc2)n1. The Bertz CT molecular complexity index is 1200. The number of halogens is 1. The van der Waals surface area contributed by atoms with Gasteiger partial charge in [-0.05, 0) is 50.1 Å². The predicted octanol–water partition coefficient (Wildman–Crippen LogP) is 4.22. The minimum atomic E-state index is -0.780. The summed E-state index contributed by atoms with van der Waals surface area (Å²) in [6.45, 7) is 2.27. The van der Waals surface area contributed by atoms with Gasteiger partial charge in [-0.2, -0.15) is 0 Å². The van der Waals surface area contributed by atoms with E-state index in [2.05, 4.69) is 25.6 Å². The Morgan fingerprint density at radius 2 is 1.81 bits per heavy atom. The first-order valence-corrected chi connectivity index (χ1v) is 12.4. The lowest BCUT2D eigenvalue weighted by Crippen LogP contribution is -2.51. The molecule has 0 unspecified atom stereocenters. The fraction of sp³-hybridized carbons (Fsp3) is 0.462. The van der Waals surface area contributed by atoms with Crippen molar-refractivity contribution in [3.63, 3.8) is 0 Å². The van der Waals surface area contributed by atoms with Crippen LogP contribution in [0.2, 0.25) is 0 Å². The van der Waals surface area contributed by atoms with E-state index in [0.717, 1.165) is 25.7 Å². The van der Waals surface area contributed by atoms with E-state index in [4.69, 9.17) is 14.5 Å². The van der Waals surface area contributed by atoms with E-state index in [-0.39, 0.29) is 31.0 Å². The smallest absolute Gasteiger partial charge is 0.230 e. The monoisotopic (exact) mass is 494 g/mol. The molecule has 2 aliphatic rings. The van der Waals surface area contributed by atoms with Gasteiger partial charge in [0.25, 0.3) is 0 Å². The number of carbonyl (C=O) groups is 1. The molecule has 36 heavy (non-hydrogen) atoms. The Morgan fingerprint density at radius 1 is 1.08 bits per heavy atom. The molecular weight excluding hydrogens is 463 g/mol. The molecule has 3 aromatic rings. The van der Waals surface area contributed by atoms with Crippen LogP contribution in [0.1, 0.15) is 51.1 Å². The number of rotatable bonds is 6. The Labute approximate surface area is 209 Å². The third kappa shape index (κ3) is 5.10. The van der Waals surface area contributed by atoms with Gasteiger partial charge in [-0.15, -0.1) is 0 Å². The van der Waals surface area contributed by atoms with Crippen LogP contribution in [-0.2, 0) is 14.3 Å². The molecule has 9 nitrogen and oxygen atoms in total. The molecule has 0 bridgehead atoms. The minimum absolute atomic E-state index is 0.0411. The summed E-state index contributed by atoms with van der Waals surface area (Å²) in [5, 5.41) is 6.11. The third-order valence-corrected chi connectivity index (χ3v) is 6.79. The number of aromatic nitrogens is 4. The highest BCUT2D eigenvalue weighted by atomic mass is 19.1. The summed E-state index contributed by atoms with van der Waals surface area (Å²) < 4.78 is 25.6. The number of nitrogens with zero attached hydrogens (tertiary/aromatic N) is 3. The average molecular weight is 495 g/mol. The number of hydrogen-bond acceptors (Lipinski definition) is 7. The highest BCUT2D eigenvalue weighted by Gasteiger charge is 2.41. The van der Waals surface area contributed by atoms with Crippen molar-refractivity contribution in [1.82, 2.24) is 25.3 Å². The van der Waals surface area contributed by atoms with Crippen molar-refractivity contribution in [3.05, 3.63) is 48.2 Å². The topological polar surface area (TPSA) is 114 Å².